The molecule has 2 aromatic heterocycles. The van der Waals surface area contributed by atoms with Crippen molar-refractivity contribution in [1.82, 2.24) is 14.8 Å². The first-order chi connectivity index (χ1) is 8.65. The highest BCUT2D eigenvalue weighted by molar-refractivity contribution is 5.85. The van der Waals surface area contributed by atoms with Crippen molar-refractivity contribution in [2.75, 3.05) is 0 Å². The number of carboxylic acids is 1. The highest BCUT2D eigenvalue weighted by atomic mass is 16.4. The zero-order chi connectivity index (χ0) is 12.7. The Morgan fingerprint density at radius 1 is 1.44 bits per heavy atom. The van der Waals surface area contributed by atoms with Crippen molar-refractivity contribution in [3.05, 3.63) is 41.5 Å². The van der Waals surface area contributed by atoms with Gasteiger partial charge in [0.05, 0.1) is 11.9 Å². The van der Waals surface area contributed by atoms with Gasteiger partial charge in [-0.15, -0.1) is 0 Å². The largest absolute Gasteiger partial charge is 0.476 e. The van der Waals surface area contributed by atoms with Gasteiger partial charge in [0.25, 0.3) is 0 Å². The molecule has 1 N–H and O–H groups in total. The number of aromatic nitrogens is 3. The van der Waals surface area contributed by atoms with Gasteiger partial charge in [-0.1, -0.05) is 0 Å². The summed E-state index contributed by atoms with van der Waals surface area (Å²) < 4.78 is 1.70. The number of carboxylic acid groups (broad SMARTS) is 1. The minimum absolute atomic E-state index is 0.0949. The second kappa shape index (κ2) is 3.94. The number of carbonyl (C=O) groups is 1. The fourth-order valence-corrected chi connectivity index (χ4v) is 1.96. The average Bonchev–Trinajstić information content (AvgIpc) is 3.09. The Balaban J connectivity index is 2.09. The van der Waals surface area contributed by atoms with E-state index >= 15 is 0 Å². The lowest BCUT2D eigenvalue weighted by Gasteiger charge is -2.05. The smallest absolute Gasteiger partial charge is 0.356 e. The van der Waals surface area contributed by atoms with E-state index in [1.54, 1.807) is 16.9 Å². The van der Waals surface area contributed by atoms with E-state index in [2.05, 4.69) is 10.1 Å². The van der Waals surface area contributed by atoms with Gasteiger partial charge in [0.15, 0.2) is 5.69 Å². The number of hydrogen-bond donors (Lipinski definition) is 1. The van der Waals surface area contributed by atoms with Crippen molar-refractivity contribution >= 4 is 5.97 Å². The van der Waals surface area contributed by atoms with E-state index in [4.69, 9.17) is 5.11 Å². The molecule has 0 saturated heterocycles. The predicted octanol–water partition coefficient (Wildman–Crippen LogP) is 2.15. The summed E-state index contributed by atoms with van der Waals surface area (Å²) in [7, 11) is 0. The van der Waals surface area contributed by atoms with Crippen molar-refractivity contribution in [1.29, 1.82) is 0 Å². The molecule has 5 nitrogen and oxygen atoms in total. The molecule has 0 aliphatic heterocycles. The molecule has 0 atom stereocenters. The Bertz CT molecular complexity index is 597. The van der Waals surface area contributed by atoms with Crippen molar-refractivity contribution in [3.63, 3.8) is 0 Å². The summed E-state index contributed by atoms with van der Waals surface area (Å²) in [6.07, 6.45) is 3.92. The van der Waals surface area contributed by atoms with Crippen LogP contribution in [0.25, 0.3) is 5.69 Å². The number of aromatic carboxylic acids is 1. The van der Waals surface area contributed by atoms with Crippen molar-refractivity contribution in [3.8, 4) is 5.69 Å². The second-order valence-corrected chi connectivity index (χ2v) is 4.60. The molecule has 92 valence electrons. The Morgan fingerprint density at radius 2 is 2.22 bits per heavy atom. The van der Waals surface area contributed by atoms with E-state index in [9.17, 15) is 4.79 Å². The molecule has 2 aromatic rings. The third kappa shape index (κ3) is 1.88. The van der Waals surface area contributed by atoms with Crippen molar-refractivity contribution in [2.45, 2.75) is 25.7 Å². The SMILES string of the molecule is Cc1ccc(-n2nc(C(=O)O)cc2C2CC2)cn1. The van der Waals surface area contributed by atoms with Crippen LogP contribution in [0, 0.1) is 6.92 Å². The Hall–Kier alpha value is -2.17. The summed E-state index contributed by atoms with van der Waals surface area (Å²) in [5.41, 5.74) is 2.81. The van der Waals surface area contributed by atoms with E-state index in [-0.39, 0.29) is 5.69 Å². The van der Waals surface area contributed by atoms with Gasteiger partial charge in [0.1, 0.15) is 0 Å². The molecule has 0 radical (unpaired) electrons. The van der Waals surface area contributed by atoms with E-state index in [0.29, 0.717) is 5.92 Å². The quantitative estimate of drug-likeness (QED) is 0.896. The van der Waals surface area contributed by atoms with Crippen LogP contribution < -0.4 is 0 Å². The third-order valence-corrected chi connectivity index (χ3v) is 3.09. The van der Waals surface area contributed by atoms with Crippen LogP contribution in [-0.2, 0) is 0 Å². The van der Waals surface area contributed by atoms with Crippen LogP contribution in [-0.4, -0.2) is 25.8 Å². The highest BCUT2D eigenvalue weighted by Crippen LogP contribution is 2.41. The summed E-state index contributed by atoms with van der Waals surface area (Å²) in [5, 5.41) is 13.2. The third-order valence-electron chi connectivity index (χ3n) is 3.09. The zero-order valence-corrected chi connectivity index (χ0v) is 10.00. The van der Waals surface area contributed by atoms with Crippen LogP contribution in [0.15, 0.2) is 24.4 Å². The molecule has 5 heteroatoms. The topological polar surface area (TPSA) is 68.0 Å². The lowest BCUT2D eigenvalue weighted by Crippen LogP contribution is -2.04. The molecule has 1 saturated carbocycles. The Kier molecular flexibility index (Phi) is 2.40. The monoisotopic (exact) mass is 243 g/mol. The van der Waals surface area contributed by atoms with Gasteiger partial charge in [-0.25, -0.2) is 9.48 Å². The second-order valence-electron chi connectivity index (χ2n) is 4.60. The van der Waals surface area contributed by atoms with Crippen LogP contribution in [0.2, 0.25) is 0 Å². The summed E-state index contributed by atoms with van der Waals surface area (Å²) in [4.78, 5) is 15.2. The normalized spacial score (nSPS) is 14.7. The lowest BCUT2D eigenvalue weighted by atomic mass is 10.2. The van der Waals surface area contributed by atoms with E-state index in [1.165, 1.54) is 0 Å². The Labute approximate surface area is 104 Å². The van der Waals surface area contributed by atoms with Crippen LogP contribution in [0.1, 0.15) is 40.6 Å². The molecule has 0 amide bonds. The predicted molar refractivity (Wildman–Crippen MR) is 65.0 cm³/mol. The highest BCUT2D eigenvalue weighted by Gasteiger charge is 2.29. The Morgan fingerprint density at radius 3 is 2.78 bits per heavy atom. The first-order valence-corrected chi connectivity index (χ1v) is 5.91. The molecular formula is C13H13N3O2. The molecule has 3 rings (SSSR count). The molecule has 1 aliphatic rings. The van der Waals surface area contributed by atoms with Crippen molar-refractivity contribution < 1.29 is 9.90 Å². The maximum Gasteiger partial charge on any atom is 0.356 e. The maximum absolute atomic E-state index is 11.0. The molecule has 18 heavy (non-hydrogen) atoms. The van der Waals surface area contributed by atoms with E-state index in [0.717, 1.165) is 29.9 Å². The molecule has 1 fully saturated rings. The summed E-state index contributed by atoms with van der Waals surface area (Å²) >= 11 is 0. The van der Waals surface area contributed by atoms with E-state index < -0.39 is 5.97 Å². The molecule has 1 aliphatic carbocycles. The van der Waals surface area contributed by atoms with Crippen LogP contribution >= 0.6 is 0 Å². The number of hydrogen-bond acceptors (Lipinski definition) is 3. The number of aryl methyl sites for hydroxylation is 1. The molecule has 0 spiro atoms. The van der Waals surface area contributed by atoms with Gasteiger partial charge in [0, 0.05) is 17.3 Å². The first-order valence-electron chi connectivity index (χ1n) is 5.91. The fourth-order valence-electron chi connectivity index (χ4n) is 1.96. The minimum Gasteiger partial charge on any atom is -0.476 e. The number of pyridine rings is 1. The molecular weight excluding hydrogens is 230 g/mol. The summed E-state index contributed by atoms with van der Waals surface area (Å²) in [5.74, 6) is -0.553. The fraction of sp³-hybridized carbons (Fsp3) is 0.308. The van der Waals surface area contributed by atoms with E-state index in [1.807, 2.05) is 19.1 Å². The minimum atomic E-state index is -0.990. The van der Waals surface area contributed by atoms with Crippen LogP contribution in [0.5, 0.6) is 0 Å². The van der Waals surface area contributed by atoms with Gasteiger partial charge in [-0.3, -0.25) is 4.98 Å². The zero-order valence-electron chi connectivity index (χ0n) is 10.00. The lowest BCUT2D eigenvalue weighted by molar-refractivity contribution is 0.0690. The first kappa shape index (κ1) is 11.0. The summed E-state index contributed by atoms with van der Waals surface area (Å²) in [6, 6.07) is 5.47. The maximum atomic E-state index is 11.0. The molecule has 0 bridgehead atoms. The molecule has 2 heterocycles. The van der Waals surface area contributed by atoms with Gasteiger partial charge < -0.3 is 5.11 Å². The van der Waals surface area contributed by atoms with Gasteiger partial charge in [-0.2, -0.15) is 5.10 Å². The standard InChI is InChI=1S/C13H13N3O2/c1-8-2-5-10(7-14-8)16-12(9-3-4-9)6-11(15-16)13(17)18/h2,5-7,9H,3-4H2,1H3,(H,17,18). The van der Waals surface area contributed by atoms with Gasteiger partial charge in [-0.05, 0) is 38.0 Å². The summed E-state index contributed by atoms with van der Waals surface area (Å²) in [6.45, 7) is 1.91. The average molecular weight is 243 g/mol. The van der Waals surface area contributed by atoms with Crippen LogP contribution in [0.3, 0.4) is 0 Å². The number of rotatable bonds is 3. The number of nitrogens with zero attached hydrogens (tertiary/aromatic N) is 3. The molecule has 0 aromatic carbocycles. The van der Waals surface area contributed by atoms with Gasteiger partial charge >= 0.3 is 5.97 Å². The van der Waals surface area contributed by atoms with Crippen LogP contribution in [0.4, 0.5) is 0 Å². The van der Waals surface area contributed by atoms with Crippen molar-refractivity contribution in [2.24, 2.45) is 0 Å². The van der Waals surface area contributed by atoms with Gasteiger partial charge in [0.2, 0.25) is 0 Å². The molecule has 0 unspecified atom stereocenters.